The van der Waals surface area contributed by atoms with E-state index in [9.17, 15) is 4.79 Å². The highest BCUT2D eigenvalue weighted by Crippen LogP contribution is 2.19. The number of carbonyl (C=O) groups is 1. The van der Waals surface area contributed by atoms with Crippen LogP contribution in [0.15, 0.2) is 30.5 Å². The van der Waals surface area contributed by atoms with Crippen LogP contribution < -0.4 is 10.1 Å². The van der Waals surface area contributed by atoms with Crippen LogP contribution in [0.5, 0.6) is 5.75 Å². The average molecular weight is 325 g/mol. The van der Waals surface area contributed by atoms with Gasteiger partial charge in [-0.25, -0.2) is 9.50 Å². The number of hydrogen-bond acceptors (Lipinski definition) is 5. The van der Waals surface area contributed by atoms with Crippen LogP contribution in [0, 0.1) is 13.8 Å². The van der Waals surface area contributed by atoms with Gasteiger partial charge in [-0.1, -0.05) is 17.7 Å². The maximum atomic E-state index is 12.2. The lowest BCUT2D eigenvalue weighted by Gasteiger charge is -2.09. The number of amides is 1. The topological polar surface area (TPSA) is 81.4 Å². The van der Waals surface area contributed by atoms with Crippen molar-refractivity contribution >= 4 is 11.7 Å². The summed E-state index contributed by atoms with van der Waals surface area (Å²) in [5.41, 5.74) is 3.08. The largest absolute Gasteiger partial charge is 0.496 e. The van der Waals surface area contributed by atoms with E-state index in [0.29, 0.717) is 18.7 Å². The van der Waals surface area contributed by atoms with Crippen molar-refractivity contribution in [2.45, 2.75) is 20.3 Å². The molecular formula is C17H19N5O2. The molecule has 0 saturated heterocycles. The second kappa shape index (κ2) is 6.66. The van der Waals surface area contributed by atoms with Crippen LogP contribution in [0.3, 0.4) is 0 Å². The maximum absolute atomic E-state index is 12.2. The zero-order valence-electron chi connectivity index (χ0n) is 13.9. The number of nitrogens with one attached hydrogen (secondary N) is 1. The SMILES string of the molecule is COc1ccc(C)cc1CCNC(=O)c1nc2nccc(C)n2n1. The van der Waals surface area contributed by atoms with Gasteiger partial charge in [-0.05, 0) is 38.0 Å². The van der Waals surface area contributed by atoms with Crippen molar-refractivity contribution in [3.05, 3.63) is 53.1 Å². The molecule has 2 heterocycles. The Kier molecular flexibility index (Phi) is 4.41. The summed E-state index contributed by atoms with van der Waals surface area (Å²) in [5.74, 6) is 1.04. The van der Waals surface area contributed by atoms with E-state index >= 15 is 0 Å². The first kappa shape index (κ1) is 15.9. The summed E-state index contributed by atoms with van der Waals surface area (Å²) < 4.78 is 6.90. The molecule has 124 valence electrons. The molecule has 3 rings (SSSR count). The summed E-state index contributed by atoms with van der Waals surface area (Å²) in [5, 5.41) is 7.03. The third kappa shape index (κ3) is 3.19. The van der Waals surface area contributed by atoms with Gasteiger partial charge in [0.15, 0.2) is 0 Å². The van der Waals surface area contributed by atoms with E-state index in [1.165, 1.54) is 0 Å². The van der Waals surface area contributed by atoms with E-state index in [1.54, 1.807) is 17.8 Å². The van der Waals surface area contributed by atoms with Gasteiger partial charge >= 0.3 is 0 Å². The van der Waals surface area contributed by atoms with Crippen LogP contribution in [-0.2, 0) is 6.42 Å². The van der Waals surface area contributed by atoms with Crippen LogP contribution in [0.4, 0.5) is 0 Å². The Morgan fingerprint density at radius 1 is 1.29 bits per heavy atom. The molecule has 0 bridgehead atoms. The number of ether oxygens (including phenoxy) is 1. The van der Waals surface area contributed by atoms with Crippen LogP contribution in [0.25, 0.3) is 5.78 Å². The van der Waals surface area contributed by atoms with Gasteiger partial charge in [-0.15, -0.1) is 5.10 Å². The number of fused-ring (bicyclic) bond motifs is 1. The van der Waals surface area contributed by atoms with Crippen molar-refractivity contribution in [2.75, 3.05) is 13.7 Å². The Bertz CT molecular complexity index is 888. The van der Waals surface area contributed by atoms with E-state index in [2.05, 4.69) is 26.4 Å². The minimum absolute atomic E-state index is 0.119. The van der Waals surface area contributed by atoms with Gasteiger partial charge in [-0.2, -0.15) is 4.98 Å². The molecule has 1 aromatic carbocycles. The number of hydrogen-bond donors (Lipinski definition) is 1. The molecule has 7 heteroatoms. The zero-order valence-corrected chi connectivity index (χ0v) is 13.9. The quantitative estimate of drug-likeness (QED) is 0.772. The Morgan fingerprint density at radius 2 is 2.12 bits per heavy atom. The van der Waals surface area contributed by atoms with Gasteiger partial charge in [0.25, 0.3) is 11.7 Å². The Hall–Kier alpha value is -2.96. The highest BCUT2D eigenvalue weighted by Gasteiger charge is 2.14. The first-order valence-corrected chi connectivity index (χ1v) is 7.68. The van der Waals surface area contributed by atoms with Crippen molar-refractivity contribution in [1.29, 1.82) is 0 Å². The van der Waals surface area contributed by atoms with Crippen molar-refractivity contribution in [3.8, 4) is 5.75 Å². The van der Waals surface area contributed by atoms with E-state index in [4.69, 9.17) is 4.74 Å². The third-order valence-corrected chi connectivity index (χ3v) is 3.75. The molecule has 0 radical (unpaired) electrons. The van der Waals surface area contributed by atoms with Crippen LogP contribution in [-0.4, -0.2) is 39.1 Å². The van der Waals surface area contributed by atoms with Crippen molar-refractivity contribution in [2.24, 2.45) is 0 Å². The van der Waals surface area contributed by atoms with Gasteiger partial charge < -0.3 is 10.1 Å². The molecule has 0 fully saturated rings. The number of carbonyl (C=O) groups excluding carboxylic acids is 1. The summed E-state index contributed by atoms with van der Waals surface area (Å²) in [4.78, 5) is 20.5. The van der Waals surface area contributed by atoms with Crippen molar-refractivity contribution < 1.29 is 9.53 Å². The Labute approximate surface area is 139 Å². The number of aromatic nitrogens is 4. The summed E-state index contributed by atoms with van der Waals surface area (Å²) in [7, 11) is 1.64. The molecule has 7 nitrogen and oxygen atoms in total. The van der Waals surface area contributed by atoms with Crippen LogP contribution in [0.1, 0.15) is 27.4 Å². The minimum atomic E-state index is -0.313. The maximum Gasteiger partial charge on any atom is 0.291 e. The first-order chi connectivity index (χ1) is 11.6. The number of benzene rings is 1. The number of nitrogens with zero attached hydrogens (tertiary/aromatic N) is 4. The molecular weight excluding hydrogens is 306 g/mol. The second-order valence-electron chi connectivity index (χ2n) is 5.55. The molecule has 0 aliphatic carbocycles. The van der Waals surface area contributed by atoms with Crippen molar-refractivity contribution in [1.82, 2.24) is 24.9 Å². The lowest BCUT2D eigenvalue weighted by atomic mass is 10.1. The van der Waals surface area contributed by atoms with Gasteiger partial charge in [0.2, 0.25) is 5.82 Å². The predicted molar refractivity (Wildman–Crippen MR) is 89.3 cm³/mol. The minimum Gasteiger partial charge on any atom is -0.496 e. The fourth-order valence-electron chi connectivity index (χ4n) is 2.50. The van der Waals surface area contributed by atoms with Gasteiger partial charge in [0, 0.05) is 18.4 Å². The van der Waals surface area contributed by atoms with E-state index in [1.807, 2.05) is 32.0 Å². The normalized spacial score (nSPS) is 10.8. The third-order valence-electron chi connectivity index (χ3n) is 3.75. The van der Waals surface area contributed by atoms with Gasteiger partial charge in [-0.3, -0.25) is 4.79 Å². The molecule has 24 heavy (non-hydrogen) atoms. The summed E-state index contributed by atoms with van der Waals surface area (Å²) >= 11 is 0. The average Bonchev–Trinajstić information content (AvgIpc) is 3.01. The van der Waals surface area contributed by atoms with E-state index < -0.39 is 0 Å². The Morgan fingerprint density at radius 3 is 2.88 bits per heavy atom. The second-order valence-corrected chi connectivity index (χ2v) is 5.55. The lowest BCUT2D eigenvalue weighted by molar-refractivity contribution is 0.0944. The highest BCUT2D eigenvalue weighted by molar-refractivity contribution is 5.90. The number of rotatable bonds is 5. The number of methoxy groups -OCH3 is 1. The van der Waals surface area contributed by atoms with Gasteiger partial charge in [0.1, 0.15) is 5.75 Å². The molecule has 3 aromatic rings. The fraction of sp³-hybridized carbons (Fsp3) is 0.294. The summed E-state index contributed by atoms with van der Waals surface area (Å²) in [6.07, 6.45) is 2.31. The Balaban J connectivity index is 1.67. The first-order valence-electron chi connectivity index (χ1n) is 7.68. The molecule has 2 aromatic heterocycles. The van der Waals surface area contributed by atoms with Crippen LogP contribution in [0.2, 0.25) is 0 Å². The monoisotopic (exact) mass is 325 g/mol. The smallest absolute Gasteiger partial charge is 0.291 e. The molecule has 0 spiro atoms. The zero-order chi connectivity index (χ0) is 17.1. The lowest BCUT2D eigenvalue weighted by Crippen LogP contribution is -2.27. The molecule has 1 N–H and O–H groups in total. The molecule has 0 unspecified atom stereocenters. The number of aryl methyl sites for hydroxylation is 2. The van der Waals surface area contributed by atoms with E-state index in [0.717, 1.165) is 22.6 Å². The molecule has 0 aliphatic rings. The standard InChI is InChI=1S/C17H19N5O2/c1-11-4-5-14(24-3)13(10-11)7-9-18-16(23)15-20-17-19-8-6-12(2)22(17)21-15/h4-6,8,10H,7,9H2,1-3H3,(H,18,23). The summed E-state index contributed by atoms with van der Waals surface area (Å²) in [6.45, 7) is 4.38. The predicted octanol–water partition coefficient (Wildman–Crippen LogP) is 1.72. The fourth-order valence-corrected chi connectivity index (χ4v) is 2.50. The molecule has 0 saturated carbocycles. The summed E-state index contributed by atoms with van der Waals surface area (Å²) in [6, 6.07) is 7.80. The van der Waals surface area contributed by atoms with Crippen molar-refractivity contribution in [3.63, 3.8) is 0 Å². The van der Waals surface area contributed by atoms with Gasteiger partial charge in [0.05, 0.1) is 7.11 Å². The van der Waals surface area contributed by atoms with E-state index in [-0.39, 0.29) is 11.7 Å². The highest BCUT2D eigenvalue weighted by atomic mass is 16.5. The molecule has 0 aliphatic heterocycles. The molecule has 0 atom stereocenters. The molecule has 1 amide bonds. The van der Waals surface area contributed by atoms with Crippen LogP contribution >= 0.6 is 0 Å².